The summed E-state index contributed by atoms with van der Waals surface area (Å²) >= 11 is 0. The first-order valence-corrected chi connectivity index (χ1v) is 7.16. The molecule has 1 aromatic carbocycles. The molecule has 114 valence electrons. The number of aromatic nitrogens is 2. The van der Waals surface area contributed by atoms with Gasteiger partial charge in [0.1, 0.15) is 11.6 Å². The Morgan fingerprint density at radius 3 is 2.48 bits per heavy atom. The van der Waals surface area contributed by atoms with E-state index in [0.717, 1.165) is 18.2 Å². The van der Waals surface area contributed by atoms with Crippen LogP contribution in [0.2, 0.25) is 0 Å². The SMILES string of the molecule is CC(C)CC(N)c1cncn1CCc1cc(F)cc(F)c1. The summed E-state index contributed by atoms with van der Waals surface area (Å²) in [5, 5.41) is 0. The van der Waals surface area contributed by atoms with Crippen LogP contribution in [-0.2, 0) is 13.0 Å². The van der Waals surface area contributed by atoms with Crippen LogP contribution in [0, 0.1) is 17.6 Å². The standard InChI is InChI=1S/C16H21F2N3/c1-11(2)5-15(19)16-9-20-10-21(16)4-3-12-6-13(17)8-14(18)7-12/h6-11,15H,3-5,19H2,1-2H3. The van der Waals surface area contributed by atoms with Crippen molar-refractivity contribution in [1.82, 2.24) is 9.55 Å². The highest BCUT2D eigenvalue weighted by Crippen LogP contribution is 2.19. The van der Waals surface area contributed by atoms with Crippen molar-refractivity contribution in [3.05, 3.63) is 53.6 Å². The molecule has 2 N–H and O–H groups in total. The first-order valence-electron chi connectivity index (χ1n) is 7.16. The summed E-state index contributed by atoms with van der Waals surface area (Å²) in [6, 6.07) is 3.52. The van der Waals surface area contributed by atoms with Crippen LogP contribution < -0.4 is 5.73 Å². The second-order valence-corrected chi connectivity index (χ2v) is 5.78. The number of rotatable bonds is 6. The van der Waals surface area contributed by atoms with Crippen molar-refractivity contribution < 1.29 is 8.78 Å². The van der Waals surface area contributed by atoms with Gasteiger partial charge in [-0.3, -0.25) is 0 Å². The summed E-state index contributed by atoms with van der Waals surface area (Å²) in [6.07, 6.45) is 4.89. The summed E-state index contributed by atoms with van der Waals surface area (Å²) in [6.45, 7) is 4.84. The third kappa shape index (κ3) is 4.36. The quantitative estimate of drug-likeness (QED) is 0.886. The van der Waals surface area contributed by atoms with E-state index in [1.165, 1.54) is 12.1 Å². The van der Waals surface area contributed by atoms with Crippen LogP contribution in [-0.4, -0.2) is 9.55 Å². The van der Waals surface area contributed by atoms with Crippen LogP contribution in [0.1, 0.15) is 37.6 Å². The molecular formula is C16H21F2N3. The van der Waals surface area contributed by atoms with Crippen molar-refractivity contribution in [3.8, 4) is 0 Å². The molecule has 0 spiro atoms. The van der Waals surface area contributed by atoms with Crippen LogP contribution >= 0.6 is 0 Å². The summed E-state index contributed by atoms with van der Waals surface area (Å²) in [4.78, 5) is 4.13. The molecule has 2 aromatic rings. The van der Waals surface area contributed by atoms with Crippen molar-refractivity contribution >= 4 is 0 Å². The minimum absolute atomic E-state index is 0.0725. The van der Waals surface area contributed by atoms with Crippen molar-refractivity contribution in [1.29, 1.82) is 0 Å². The van der Waals surface area contributed by atoms with E-state index < -0.39 is 11.6 Å². The van der Waals surface area contributed by atoms with Gasteiger partial charge in [0.05, 0.1) is 12.0 Å². The number of aryl methyl sites for hydroxylation is 2. The molecule has 5 heteroatoms. The molecule has 1 aromatic heterocycles. The fourth-order valence-corrected chi connectivity index (χ4v) is 2.46. The molecule has 21 heavy (non-hydrogen) atoms. The fraction of sp³-hybridized carbons (Fsp3) is 0.438. The molecule has 0 amide bonds. The maximum atomic E-state index is 13.2. The van der Waals surface area contributed by atoms with Gasteiger partial charge >= 0.3 is 0 Å². The summed E-state index contributed by atoms with van der Waals surface area (Å²) in [5.74, 6) is -0.597. The van der Waals surface area contributed by atoms with Gasteiger partial charge < -0.3 is 10.3 Å². The van der Waals surface area contributed by atoms with Crippen LogP contribution in [0.3, 0.4) is 0 Å². The van der Waals surface area contributed by atoms with Gasteiger partial charge in [0.15, 0.2) is 0 Å². The molecular weight excluding hydrogens is 272 g/mol. The minimum atomic E-state index is -0.549. The van der Waals surface area contributed by atoms with Crippen LogP contribution in [0.15, 0.2) is 30.7 Å². The maximum absolute atomic E-state index is 13.2. The molecule has 0 aliphatic heterocycles. The predicted octanol–water partition coefficient (Wildman–Crippen LogP) is 3.45. The molecule has 0 bridgehead atoms. The Labute approximate surface area is 123 Å². The molecule has 1 unspecified atom stereocenters. The van der Waals surface area contributed by atoms with Crippen LogP contribution in [0.25, 0.3) is 0 Å². The monoisotopic (exact) mass is 293 g/mol. The second kappa shape index (κ2) is 6.80. The third-order valence-corrected chi connectivity index (χ3v) is 3.41. The fourth-order valence-electron chi connectivity index (χ4n) is 2.46. The normalized spacial score (nSPS) is 12.9. The zero-order chi connectivity index (χ0) is 15.4. The first-order chi connectivity index (χ1) is 9.95. The van der Waals surface area contributed by atoms with Gasteiger partial charge in [-0.25, -0.2) is 13.8 Å². The van der Waals surface area contributed by atoms with Gasteiger partial charge in [0.2, 0.25) is 0 Å². The topological polar surface area (TPSA) is 43.8 Å². The van der Waals surface area contributed by atoms with Gasteiger partial charge in [-0.1, -0.05) is 13.8 Å². The van der Waals surface area contributed by atoms with E-state index in [9.17, 15) is 8.78 Å². The Bertz CT molecular complexity index is 573. The van der Waals surface area contributed by atoms with E-state index in [1.54, 1.807) is 12.5 Å². The number of hydrogen-bond donors (Lipinski definition) is 1. The molecule has 0 saturated carbocycles. The van der Waals surface area contributed by atoms with Crippen molar-refractivity contribution in [3.63, 3.8) is 0 Å². The largest absolute Gasteiger partial charge is 0.333 e. The van der Waals surface area contributed by atoms with E-state index in [0.29, 0.717) is 24.4 Å². The molecule has 2 rings (SSSR count). The van der Waals surface area contributed by atoms with Gasteiger partial charge in [0.25, 0.3) is 0 Å². The third-order valence-electron chi connectivity index (χ3n) is 3.41. The number of imidazole rings is 1. The van der Waals surface area contributed by atoms with Crippen LogP contribution in [0.5, 0.6) is 0 Å². The molecule has 1 atom stereocenters. The van der Waals surface area contributed by atoms with Gasteiger partial charge in [-0.05, 0) is 36.5 Å². The average Bonchev–Trinajstić information content (AvgIpc) is 2.82. The lowest BCUT2D eigenvalue weighted by Crippen LogP contribution is -2.17. The second-order valence-electron chi connectivity index (χ2n) is 5.78. The Kier molecular flexibility index (Phi) is 5.07. The zero-order valence-electron chi connectivity index (χ0n) is 12.4. The van der Waals surface area contributed by atoms with E-state index in [2.05, 4.69) is 18.8 Å². The summed E-state index contributed by atoms with van der Waals surface area (Å²) in [5.41, 5.74) is 7.77. The highest BCUT2D eigenvalue weighted by molar-refractivity contribution is 5.18. The first kappa shape index (κ1) is 15.6. The van der Waals surface area contributed by atoms with Crippen LogP contribution in [0.4, 0.5) is 8.78 Å². The minimum Gasteiger partial charge on any atom is -0.333 e. The van der Waals surface area contributed by atoms with Crippen molar-refractivity contribution in [2.45, 2.75) is 39.3 Å². The van der Waals surface area contributed by atoms with Gasteiger partial charge in [0, 0.05) is 24.8 Å². The molecule has 0 saturated heterocycles. The highest BCUT2D eigenvalue weighted by atomic mass is 19.1. The summed E-state index contributed by atoms with van der Waals surface area (Å²) < 4.78 is 28.3. The average molecular weight is 293 g/mol. The number of halogens is 2. The zero-order valence-corrected chi connectivity index (χ0v) is 12.4. The van der Waals surface area contributed by atoms with Gasteiger partial charge in [-0.2, -0.15) is 0 Å². The van der Waals surface area contributed by atoms with E-state index in [4.69, 9.17) is 5.73 Å². The number of hydrogen-bond acceptors (Lipinski definition) is 2. The molecule has 0 aliphatic carbocycles. The lowest BCUT2D eigenvalue weighted by molar-refractivity contribution is 0.482. The van der Waals surface area contributed by atoms with E-state index >= 15 is 0 Å². The highest BCUT2D eigenvalue weighted by Gasteiger charge is 2.13. The lowest BCUT2D eigenvalue weighted by atomic mass is 10.0. The predicted molar refractivity (Wildman–Crippen MR) is 78.7 cm³/mol. The summed E-state index contributed by atoms with van der Waals surface area (Å²) in [7, 11) is 0. The van der Waals surface area contributed by atoms with E-state index in [1.807, 2.05) is 4.57 Å². The molecule has 0 aliphatic rings. The molecule has 0 fully saturated rings. The Morgan fingerprint density at radius 2 is 1.86 bits per heavy atom. The van der Waals surface area contributed by atoms with Crippen molar-refractivity contribution in [2.75, 3.05) is 0 Å². The number of benzene rings is 1. The number of nitrogens with zero attached hydrogens (tertiary/aromatic N) is 2. The Morgan fingerprint density at radius 1 is 1.19 bits per heavy atom. The molecule has 1 heterocycles. The van der Waals surface area contributed by atoms with Crippen molar-refractivity contribution in [2.24, 2.45) is 11.7 Å². The lowest BCUT2D eigenvalue weighted by Gasteiger charge is -2.16. The van der Waals surface area contributed by atoms with Gasteiger partial charge in [-0.15, -0.1) is 0 Å². The Hall–Kier alpha value is -1.75. The smallest absolute Gasteiger partial charge is 0.126 e. The molecule has 0 radical (unpaired) electrons. The van der Waals surface area contributed by atoms with E-state index in [-0.39, 0.29) is 6.04 Å². The maximum Gasteiger partial charge on any atom is 0.126 e. The number of nitrogens with two attached hydrogens (primary N) is 1. The molecule has 3 nitrogen and oxygen atoms in total. The Balaban J connectivity index is 2.05.